The van der Waals surface area contributed by atoms with Crippen LogP contribution in [0.4, 0.5) is 17.1 Å². The van der Waals surface area contributed by atoms with E-state index in [4.69, 9.17) is 0 Å². The topological polar surface area (TPSA) is 8.17 Å². The van der Waals surface area contributed by atoms with Crippen LogP contribution < -0.4 is 4.90 Å². The quantitative estimate of drug-likeness (QED) is 0.133. The van der Waals surface area contributed by atoms with E-state index >= 15 is 0 Å². The first-order valence-electron chi connectivity index (χ1n) is 23.3. The molecule has 68 heavy (non-hydrogen) atoms. The molecule has 0 aliphatic rings. The summed E-state index contributed by atoms with van der Waals surface area (Å²) in [4.78, 5) is 2.43. The van der Waals surface area contributed by atoms with Crippen LogP contribution in [-0.4, -0.2) is 4.57 Å². The highest BCUT2D eigenvalue weighted by atomic mass is 15.1. The van der Waals surface area contributed by atoms with Crippen molar-refractivity contribution in [3.63, 3.8) is 0 Å². The molecular weight excluding hydrogens is 821 g/mol. The summed E-state index contributed by atoms with van der Waals surface area (Å²) in [6.45, 7) is 0. The first-order chi connectivity index (χ1) is 33.7. The Bertz CT molecular complexity index is 3700. The van der Waals surface area contributed by atoms with Crippen molar-refractivity contribution in [1.82, 2.24) is 4.57 Å². The first-order valence-corrected chi connectivity index (χ1v) is 23.3. The number of para-hydroxylation sites is 3. The van der Waals surface area contributed by atoms with Gasteiger partial charge in [-0.25, -0.2) is 0 Å². The Kier molecular flexibility index (Phi) is 10.6. The van der Waals surface area contributed by atoms with Crippen molar-refractivity contribution in [3.05, 3.63) is 279 Å². The van der Waals surface area contributed by atoms with Gasteiger partial charge in [-0.15, -0.1) is 0 Å². The second kappa shape index (κ2) is 17.8. The second-order valence-electron chi connectivity index (χ2n) is 17.3. The van der Waals surface area contributed by atoms with Gasteiger partial charge in [-0.05, 0) is 116 Å². The molecule has 2 nitrogen and oxygen atoms in total. The van der Waals surface area contributed by atoms with E-state index in [0.29, 0.717) is 0 Å². The van der Waals surface area contributed by atoms with Crippen molar-refractivity contribution < 1.29 is 0 Å². The number of anilines is 3. The first kappa shape index (κ1) is 40.5. The summed E-state index contributed by atoms with van der Waals surface area (Å²) in [5.41, 5.74) is 20.9. The molecule has 0 radical (unpaired) electrons. The normalized spacial score (nSPS) is 11.2. The molecule has 0 aliphatic carbocycles. The van der Waals surface area contributed by atoms with Crippen LogP contribution in [0.5, 0.6) is 0 Å². The Morgan fingerprint density at radius 2 is 0.676 bits per heavy atom. The van der Waals surface area contributed by atoms with Crippen LogP contribution in [0.2, 0.25) is 0 Å². The van der Waals surface area contributed by atoms with E-state index < -0.39 is 0 Å². The van der Waals surface area contributed by atoms with Gasteiger partial charge in [0, 0.05) is 33.4 Å². The third-order valence-electron chi connectivity index (χ3n) is 13.2. The van der Waals surface area contributed by atoms with Crippen molar-refractivity contribution in [2.24, 2.45) is 0 Å². The number of benzene rings is 11. The van der Waals surface area contributed by atoms with Gasteiger partial charge in [-0.3, -0.25) is 0 Å². The van der Waals surface area contributed by atoms with Crippen molar-refractivity contribution >= 4 is 38.9 Å². The van der Waals surface area contributed by atoms with Gasteiger partial charge in [0.1, 0.15) is 0 Å². The fourth-order valence-electron chi connectivity index (χ4n) is 9.98. The third kappa shape index (κ3) is 7.54. The number of hydrogen-bond donors (Lipinski definition) is 0. The Balaban J connectivity index is 1.01. The summed E-state index contributed by atoms with van der Waals surface area (Å²) in [5.74, 6) is 0. The van der Waals surface area contributed by atoms with Crippen molar-refractivity contribution in [2.45, 2.75) is 0 Å². The molecule has 12 aromatic rings. The number of nitrogens with zero attached hydrogens (tertiary/aromatic N) is 2. The van der Waals surface area contributed by atoms with Crippen LogP contribution in [0.15, 0.2) is 279 Å². The van der Waals surface area contributed by atoms with Crippen LogP contribution in [0, 0.1) is 0 Å². The van der Waals surface area contributed by atoms with Crippen LogP contribution in [0.25, 0.3) is 94.3 Å². The summed E-state index contributed by atoms with van der Waals surface area (Å²) in [7, 11) is 0. The fraction of sp³-hybridized carbons (Fsp3) is 0. The smallest absolute Gasteiger partial charge is 0.0547 e. The van der Waals surface area contributed by atoms with Gasteiger partial charge in [0.05, 0.1) is 16.7 Å². The molecule has 0 N–H and O–H groups in total. The average molecular weight is 867 g/mol. The fourth-order valence-corrected chi connectivity index (χ4v) is 9.98. The van der Waals surface area contributed by atoms with Crippen LogP contribution in [0.1, 0.15) is 0 Å². The Hall–Kier alpha value is -8.98. The lowest BCUT2D eigenvalue weighted by Crippen LogP contribution is -2.11. The maximum absolute atomic E-state index is 2.43. The molecule has 12 rings (SSSR count). The lowest BCUT2D eigenvalue weighted by Gasteiger charge is -2.29. The van der Waals surface area contributed by atoms with Crippen molar-refractivity contribution in [3.8, 4) is 72.4 Å². The van der Waals surface area contributed by atoms with Crippen molar-refractivity contribution in [2.75, 3.05) is 4.90 Å². The zero-order valence-electron chi connectivity index (χ0n) is 37.5. The summed E-state index contributed by atoms with van der Waals surface area (Å²) in [5, 5.41) is 2.49. The van der Waals surface area contributed by atoms with E-state index in [9.17, 15) is 0 Å². The third-order valence-corrected chi connectivity index (χ3v) is 13.2. The molecule has 0 aliphatic heterocycles. The van der Waals surface area contributed by atoms with Gasteiger partial charge in [0.2, 0.25) is 0 Å². The largest absolute Gasteiger partial charge is 0.310 e. The molecule has 2 heteroatoms. The van der Waals surface area contributed by atoms with Gasteiger partial charge in [-0.2, -0.15) is 0 Å². The van der Waals surface area contributed by atoms with E-state index in [1.807, 2.05) is 0 Å². The molecule has 0 spiro atoms. The predicted molar refractivity (Wildman–Crippen MR) is 288 cm³/mol. The zero-order chi connectivity index (χ0) is 45.2. The lowest BCUT2D eigenvalue weighted by atomic mass is 9.88. The lowest BCUT2D eigenvalue weighted by molar-refractivity contribution is 1.18. The highest BCUT2D eigenvalue weighted by Crippen LogP contribution is 2.46. The molecule has 0 bridgehead atoms. The number of hydrogen-bond acceptors (Lipinski definition) is 1. The molecule has 1 aromatic heterocycles. The highest BCUT2D eigenvalue weighted by Gasteiger charge is 2.21. The summed E-state index contributed by atoms with van der Waals surface area (Å²) in [6, 6.07) is 101. The molecule has 1 heterocycles. The van der Waals surface area contributed by atoms with E-state index in [1.54, 1.807) is 0 Å². The Labute approximate surface area is 397 Å². The standard InChI is InChI=1S/C66H46N2/c1-4-19-47(20-5-1)48-35-37-49(38-36-48)50-39-42-55(43-40-50)67(64-33-16-14-31-61(64)60-30-13-12-29-59(60)58-28-11-10-27-57(58)51-21-6-2-7-22-51)56-26-18-23-52(45-56)53-41-44-63-62-32-15-17-34-65(62)68(66(63)46-53)54-24-8-3-9-25-54/h1-46H. The van der Waals surface area contributed by atoms with Gasteiger partial charge >= 0.3 is 0 Å². The predicted octanol–water partition coefficient (Wildman–Crippen LogP) is 18.3. The van der Waals surface area contributed by atoms with E-state index in [2.05, 4.69) is 289 Å². The summed E-state index contributed by atoms with van der Waals surface area (Å²) >= 11 is 0. The van der Waals surface area contributed by atoms with Crippen LogP contribution in [0.3, 0.4) is 0 Å². The van der Waals surface area contributed by atoms with Gasteiger partial charge < -0.3 is 9.47 Å². The van der Waals surface area contributed by atoms with E-state index in [0.717, 1.165) is 39.4 Å². The molecule has 0 saturated heterocycles. The maximum atomic E-state index is 2.43. The van der Waals surface area contributed by atoms with Crippen molar-refractivity contribution in [1.29, 1.82) is 0 Å². The minimum absolute atomic E-state index is 1.07. The van der Waals surface area contributed by atoms with Gasteiger partial charge in [0.25, 0.3) is 0 Å². The van der Waals surface area contributed by atoms with E-state index in [-0.39, 0.29) is 0 Å². The SMILES string of the molecule is c1ccc(-c2ccc(-c3ccc(N(c4cccc(-c5ccc6c7ccccc7n(-c7ccccc7)c6c5)c4)c4ccccc4-c4ccccc4-c4ccccc4-c4ccccc4)cc3)cc2)cc1. The highest BCUT2D eigenvalue weighted by molar-refractivity contribution is 6.10. The van der Waals surface area contributed by atoms with Crippen LogP contribution >= 0.6 is 0 Å². The minimum Gasteiger partial charge on any atom is -0.310 e. The molecule has 0 fully saturated rings. The number of rotatable bonds is 10. The monoisotopic (exact) mass is 866 g/mol. The molecule has 0 amide bonds. The molecular formula is C66H46N2. The van der Waals surface area contributed by atoms with E-state index in [1.165, 1.54) is 71.9 Å². The average Bonchev–Trinajstić information content (AvgIpc) is 3.76. The van der Waals surface area contributed by atoms with Gasteiger partial charge in [-0.1, -0.05) is 224 Å². The van der Waals surface area contributed by atoms with Gasteiger partial charge in [0.15, 0.2) is 0 Å². The molecule has 0 atom stereocenters. The maximum Gasteiger partial charge on any atom is 0.0547 e. The Morgan fingerprint density at radius 3 is 1.35 bits per heavy atom. The molecule has 320 valence electrons. The molecule has 0 saturated carbocycles. The Morgan fingerprint density at radius 1 is 0.235 bits per heavy atom. The summed E-state index contributed by atoms with van der Waals surface area (Å²) < 4.78 is 2.39. The summed E-state index contributed by atoms with van der Waals surface area (Å²) in [6.07, 6.45) is 0. The minimum atomic E-state index is 1.07. The molecule has 11 aromatic carbocycles. The second-order valence-corrected chi connectivity index (χ2v) is 17.3. The number of aromatic nitrogens is 1. The number of fused-ring (bicyclic) bond motifs is 3. The van der Waals surface area contributed by atoms with Crippen LogP contribution in [-0.2, 0) is 0 Å². The molecule has 0 unspecified atom stereocenters. The zero-order valence-corrected chi connectivity index (χ0v) is 37.5.